The molecule has 5 heteroatoms. The number of nitrogens with zero attached hydrogens (tertiary/aromatic N) is 2. The Balaban J connectivity index is 2.73. The third-order valence-corrected chi connectivity index (χ3v) is 2.48. The fraction of sp³-hybridized carbons (Fsp3) is 0.417. The van der Waals surface area contributed by atoms with Crippen LogP contribution in [0.1, 0.15) is 25.1 Å². The summed E-state index contributed by atoms with van der Waals surface area (Å²) in [6.45, 7) is 4.23. The van der Waals surface area contributed by atoms with Crippen molar-refractivity contribution < 1.29 is 4.79 Å². The number of nitrogens with two attached hydrogens (primary N) is 1. The molecule has 1 atom stereocenters. The Labute approximate surface area is 101 Å². The summed E-state index contributed by atoms with van der Waals surface area (Å²) in [5.74, 6) is -0.280. The van der Waals surface area contributed by atoms with Gasteiger partial charge in [0.2, 0.25) is 5.91 Å². The molecular formula is C12H16N4O. The molecule has 1 unspecified atom stereocenters. The average molecular weight is 232 g/mol. The normalized spacial score (nSPS) is 12.1. The van der Waals surface area contributed by atoms with Crippen molar-refractivity contribution in [3.8, 4) is 6.07 Å². The Morgan fingerprint density at radius 2 is 2.35 bits per heavy atom. The van der Waals surface area contributed by atoms with Gasteiger partial charge in [-0.3, -0.25) is 4.79 Å². The van der Waals surface area contributed by atoms with Crippen LogP contribution in [0, 0.1) is 17.2 Å². The predicted molar refractivity (Wildman–Crippen MR) is 63.6 cm³/mol. The van der Waals surface area contributed by atoms with Crippen LogP contribution in [0.4, 0.5) is 0 Å². The molecule has 1 aromatic heterocycles. The molecule has 1 rings (SSSR count). The number of nitriles is 1. The monoisotopic (exact) mass is 232 g/mol. The molecule has 1 heterocycles. The van der Waals surface area contributed by atoms with Crippen molar-refractivity contribution in [2.24, 2.45) is 11.7 Å². The maximum Gasteiger partial charge on any atom is 0.234 e. The maximum atomic E-state index is 11.2. The van der Waals surface area contributed by atoms with Crippen molar-refractivity contribution in [2.45, 2.75) is 26.4 Å². The van der Waals surface area contributed by atoms with E-state index in [9.17, 15) is 4.79 Å². The lowest BCUT2D eigenvalue weighted by Gasteiger charge is -2.19. The molecule has 0 spiro atoms. The van der Waals surface area contributed by atoms with E-state index in [2.05, 4.69) is 10.3 Å². The summed E-state index contributed by atoms with van der Waals surface area (Å²) < 4.78 is 0. The minimum atomic E-state index is -0.401. The average Bonchev–Trinajstić information content (AvgIpc) is 2.29. The van der Waals surface area contributed by atoms with E-state index in [1.54, 1.807) is 18.3 Å². The van der Waals surface area contributed by atoms with E-state index in [4.69, 9.17) is 11.0 Å². The van der Waals surface area contributed by atoms with Crippen LogP contribution in [0.2, 0.25) is 0 Å². The summed E-state index contributed by atoms with van der Waals surface area (Å²) in [6.07, 6.45) is 1.57. The molecule has 0 aliphatic carbocycles. The lowest BCUT2D eigenvalue weighted by atomic mass is 10.0. The van der Waals surface area contributed by atoms with Gasteiger partial charge in [0.1, 0.15) is 11.8 Å². The molecule has 0 saturated heterocycles. The number of carbonyl (C=O) groups is 1. The van der Waals surface area contributed by atoms with Gasteiger partial charge in [-0.05, 0) is 12.0 Å². The first-order chi connectivity index (χ1) is 8.06. The van der Waals surface area contributed by atoms with Crippen LogP contribution in [0.25, 0.3) is 0 Å². The summed E-state index contributed by atoms with van der Waals surface area (Å²) in [5, 5.41) is 11.9. The van der Waals surface area contributed by atoms with Crippen molar-refractivity contribution >= 4 is 5.91 Å². The van der Waals surface area contributed by atoms with Gasteiger partial charge in [-0.15, -0.1) is 0 Å². The van der Waals surface area contributed by atoms with Gasteiger partial charge in [0.25, 0.3) is 0 Å². The lowest BCUT2D eigenvalue weighted by Crippen LogP contribution is -2.44. The first-order valence-electron chi connectivity index (χ1n) is 5.43. The van der Waals surface area contributed by atoms with E-state index < -0.39 is 6.04 Å². The number of carbonyl (C=O) groups excluding carboxylic acids is 1. The van der Waals surface area contributed by atoms with Crippen molar-refractivity contribution in [1.82, 2.24) is 10.3 Å². The van der Waals surface area contributed by atoms with Crippen LogP contribution in [-0.2, 0) is 11.3 Å². The van der Waals surface area contributed by atoms with Crippen molar-refractivity contribution in [2.75, 3.05) is 0 Å². The number of pyridine rings is 1. The Bertz CT molecular complexity index is 436. The lowest BCUT2D eigenvalue weighted by molar-refractivity contribution is -0.121. The second kappa shape index (κ2) is 5.97. The molecular weight excluding hydrogens is 216 g/mol. The number of rotatable bonds is 5. The zero-order valence-electron chi connectivity index (χ0n) is 9.97. The van der Waals surface area contributed by atoms with Crippen LogP contribution in [0.5, 0.6) is 0 Å². The number of hydrogen-bond acceptors (Lipinski definition) is 4. The SMILES string of the molecule is CC(C)C(NCc1cccnc1C#N)C(N)=O. The van der Waals surface area contributed by atoms with Crippen molar-refractivity contribution in [3.63, 3.8) is 0 Å². The fourth-order valence-electron chi connectivity index (χ4n) is 1.57. The van der Waals surface area contributed by atoms with E-state index in [0.29, 0.717) is 12.2 Å². The first kappa shape index (κ1) is 13.1. The van der Waals surface area contributed by atoms with Crippen LogP contribution in [0.3, 0.4) is 0 Å². The molecule has 1 amide bonds. The molecule has 0 radical (unpaired) electrons. The molecule has 0 fully saturated rings. The summed E-state index contributed by atoms with van der Waals surface area (Å²) in [6, 6.07) is 5.17. The standard InChI is InChI=1S/C12H16N4O/c1-8(2)11(12(14)17)16-7-9-4-3-5-15-10(9)6-13/h3-5,8,11,16H,7H2,1-2H3,(H2,14,17). The summed E-state index contributed by atoms with van der Waals surface area (Å²) in [4.78, 5) is 15.1. The smallest absolute Gasteiger partial charge is 0.234 e. The second-order valence-electron chi connectivity index (χ2n) is 4.13. The molecule has 5 nitrogen and oxygen atoms in total. The Hall–Kier alpha value is -1.93. The third-order valence-electron chi connectivity index (χ3n) is 2.48. The van der Waals surface area contributed by atoms with Gasteiger partial charge in [0.15, 0.2) is 0 Å². The molecule has 3 N–H and O–H groups in total. The highest BCUT2D eigenvalue weighted by molar-refractivity contribution is 5.80. The Morgan fingerprint density at radius 1 is 1.65 bits per heavy atom. The van der Waals surface area contributed by atoms with Crippen LogP contribution in [0.15, 0.2) is 18.3 Å². The number of amides is 1. The fourth-order valence-corrected chi connectivity index (χ4v) is 1.57. The molecule has 0 aliphatic heterocycles. The summed E-state index contributed by atoms with van der Waals surface area (Å²) in [7, 11) is 0. The van der Waals surface area contributed by atoms with Crippen LogP contribution >= 0.6 is 0 Å². The zero-order chi connectivity index (χ0) is 12.8. The van der Waals surface area contributed by atoms with E-state index in [1.807, 2.05) is 19.9 Å². The van der Waals surface area contributed by atoms with Gasteiger partial charge >= 0.3 is 0 Å². The minimum absolute atomic E-state index is 0.106. The van der Waals surface area contributed by atoms with Crippen molar-refractivity contribution in [3.05, 3.63) is 29.6 Å². The van der Waals surface area contributed by atoms with Crippen molar-refractivity contribution in [1.29, 1.82) is 5.26 Å². The number of aromatic nitrogens is 1. The molecule has 17 heavy (non-hydrogen) atoms. The van der Waals surface area contributed by atoms with Crippen LogP contribution < -0.4 is 11.1 Å². The molecule has 1 aromatic rings. The quantitative estimate of drug-likeness (QED) is 0.775. The van der Waals surface area contributed by atoms with Gasteiger partial charge in [0, 0.05) is 18.3 Å². The van der Waals surface area contributed by atoms with Gasteiger partial charge in [-0.25, -0.2) is 4.98 Å². The second-order valence-corrected chi connectivity index (χ2v) is 4.13. The number of primary amides is 1. The summed E-state index contributed by atoms with van der Waals surface area (Å²) >= 11 is 0. The number of hydrogen-bond donors (Lipinski definition) is 2. The highest BCUT2D eigenvalue weighted by Crippen LogP contribution is 2.06. The zero-order valence-corrected chi connectivity index (χ0v) is 9.97. The Morgan fingerprint density at radius 3 is 2.88 bits per heavy atom. The minimum Gasteiger partial charge on any atom is -0.368 e. The highest BCUT2D eigenvalue weighted by atomic mass is 16.1. The Kier molecular flexibility index (Phi) is 4.61. The van der Waals surface area contributed by atoms with E-state index in [1.165, 1.54) is 0 Å². The van der Waals surface area contributed by atoms with E-state index in [0.717, 1.165) is 5.56 Å². The molecule has 90 valence electrons. The highest BCUT2D eigenvalue weighted by Gasteiger charge is 2.18. The first-order valence-corrected chi connectivity index (χ1v) is 5.43. The predicted octanol–water partition coefficient (Wildman–Crippen LogP) is 0.553. The van der Waals surface area contributed by atoms with E-state index >= 15 is 0 Å². The third kappa shape index (κ3) is 3.54. The van der Waals surface area contributed by atoms with Gasteiger partial charge in [-0.2, -0.15) is 5.26 Å². The van der Waals surface area contributed by atoms with E-state index in [-0.39, 0.29) is 11.8 Å². The maximum absolute atomic E-state index is 11.2. The molecule has 0 aliphatic rings. The topological polar surface area (TPSA) is 91.8 Å². The number of nitrogens with one attached hydrogen (secondary N) is 1. The van der Waals surface area contributed by atoms with Gasteiger partial charge in [0.05, 0.1) is 6.04 Å². The molecule has 0 saturated carbocycles. The van der Waals surface area contributed by atoms with Crippen LogP contribution in [-0.4, -0.2) is 16.9 Å². The molecule has 0 bridgehead atoms. The molecule has 0 aromatic carbocycles. The van der Waals surface area contributed by atoms with Gasteiger partial charge in [-0.1, -0.05) is 19.9 Å². The van der Waals surface area contributed by atoms with Gasteiger partial charge < -0.3 is 11.1 Å². The summed E-state index contributed by atoms with van der Waals surface area (Å²) in [5.41, 5.74) is 6.42. The largest absolute Gasteiger partial charge is 0.368 e.